The number of aromatic nitrogens is 1. The maximum Gasteiger partial charge on any atom is 0.230 e. The van der Waals surface area contributed by atoms with E-state index in [2.05, 4.69) is 10.3 Å². The summed E-state index contributed by atoms with van der Waals surface area (Å²) in [6, 6.07) is 5.90. The highest BCUT2D eigenvalue weighted by molar-refractivity contribution is 7.99. The van der Waals surface area contributed by atoms with Gasteiger partial charge in [0.25, 0.3) is 0 Å². The summed E-state index contributed by atoms with van der Waals surface area (Å²) in [5.74, 6) is 4.12. The highest BCUT2D eigenvalue weighted by Gasteiger charge is 2.39. The third-order valence-corrected chi connectivity index (χ3v) is 5.62. The monoisotopic (exact) mass is 290 g/mol. The summed E-state index contributed by atoms with van der Waals surface area (Å²) in [6.07, 6.45) is 7.36. The van der Waals surface area contributed by atoms with E-state index < -0.39 is 0 Å². The molecule has 0 aromatic carbocycles. The molecule has 1 amide bonds. The van der Waals surface area contributed by atoms with Crippen molar-refractivity contribution in [2.45, 2.75) is 31.4 Å². The van der Waals surface area contributed by atoms with Crippen molar-refractivity contribution in [1.82, 2.24) is 10.3 Å². The third-order valence-electron chi connectivity index (χ3n) is 4.66. The number of thioether (sulfide) groups is 1. The van der Waals surface area contributed by atoms with E-state index in [0.717, 1.165) is 35.7 Å². The van der Waals surface area contributed by atoms with Crippen LogP contribution in [0.2, 0.25) is 0 Å². The second kappa shape index (κ2) is 6.61. The molecular weight excluding hydrogens is 268 g/mol. The normalized spacial score (nSPS) is 27.7. The fraction of sp³-hybridized carbons (Fsp3) is 0.625. The molecule has 0 aliphatic heterocycles. The summed E-state index contributed by atoms with van der Waals surface area (Å²) in [6.45, 7) is 0.893. The molecule has 1 N–H and O–H groups in total. The summed E-state index contributed by atoms with van der Waals surface area (Å²) in [4.78, 5) is 16.1. The van der Waals surface area contributed by atoms with Gasteiger partial charge in [0, 0.05) is 18.5 Å². The fourth-order valence-corrected chi connectivity index (χ4v) is 4.42. The van der Waals surface area contributed by atoms with Crippen LogP contribution in [0.4, 0.5) is 0 Å². The Kier molecular flexibility index (Phi) is 4.61. The van der Waals surface area contributed by atoms with Crippen molar-refractivity contribution in [1.29, 1.82) is 0 Å². The SMILES string of the molecule is O=C(CSCc1ccccn1)NC[C@@H]1C[C@H]2CC[C@H]1C2. The minimum Gasteiger partial charge on any atom is -0.355 e. The number of hydrogen-bond acceptors (Lipinski definition) is 3. The van der Waals surface area contributed by atoms with Crippen molar-refractivity contribution in [3.63, 3.8) is 0 Å². The Balaban J connectivity index is 1.32. The topological polar surface area (TPSA) is 42.0 Å². The first-order valence-electron chi connectivity index (χ1n) is 7.55. The standard InChI is InChI=1S/C16H22N2OS/c19-16(11-20-10-15-3-1-2-6-17-15)18-9-14-8-12-4-5-13(14)7-12/h1-3,6,12-14H,4-5,7-11H2,(H,18,19)/t12-,13-,14-/m0/s1. The van der Waals surface area contributed by atoms with Crippen molar-refractivity contribution in [2.24, 2.45) is 17.8 Å². The van der Waals surface area contributed by atoms with Crippen LogP contribution in [-0.4, -0.2) is 23.2 Å². The minimum atomic E-state index is 0.175. The molecule has 0 radical (unpaired) electrons. The number of carbonyl (C=O) groups is 1. The summed E-state index contributed by atoms with van der Waals surface area (Å²) < 4.78 is 0. The molecule has 3 rings (SSSR count). The molecule has 1 aromatic rings. The number of rotatable bonds is 6. The predicted molar refractivity (Wildman–Crippen MR) is 82.3 cm³/mol. The van der Waals surface area contributed by atoms with Gasteiger partial charge in [0.1, 0.15) is 0 Å². The Morgan fingerprint density at radius 1 is 1.35 bits per heavy atom. The van der Waals surface area contributed by atoms with E-state index >= 15 is 0 Å². The summed E-state index contributed by atoms with van der Waals surface area (Å²) in [5.41, 5.74) is 1.04. The average Bonchev–Trinajstić information content (AvgIpc) is 3.09. The van der Waals surface area contributed by atoms with Crippen molar-refractivity contribution in [3.8, 4) is 0 Å². The Hall–Kier alpha value is -1.03. The first-order chi connectivity index (χ1) is 9.81. The number of carbonyl (C=O) groups excluding carboxylic acids is 1. The van der Waals surface area contributed by atoms with E-state index in [4.69, 9.17) is 0 Å². The zero-order valence-corrected chi connectivity index (χ0v) is 12.6. The molecule has 2 bridgehead atoms. The van der Waals surface area contributed by atoms with E-state index in [9.17, 15) is 4.79 Å². The Bertz CT molecular complexity index is 451. The van der Waals surface area contributed by atoms with Gasteiger partial charge in [0.2, 0.25) is 5.91 Å². The predicted octanol–water partition coefficient (Wildman–Crippen LogP) is 2.87. The highest BCUT2D eigenvalue weighted by atomic mass is 32.2. The quantitative estimate of drug-likeness (QED) is 0.876. The second-order valence-corrected chi connectivity index (χ2v) is 7.04. The Morgan fingerprint density at radius 3 is 3.00 bits per heavy atom. The van der Waals surface area contributed by atoms with Crippen LogP contribution in [0.3, 0.4) is 0 Å². The Labute approximate surface area is 124 Å². The summed E-state index contributed by atoms with van der Waals surface area (Å²) in [7, 11) is 0. The number of hydrogen-bond donors (Lipinski definition) is 1. The lowest BCUT2D eigenvalue weighted by molar-refractivity contribution is -0.118. The summed E-state index contributed by atoms with van der Waals surface area (Å²) in [5, 5.41) is 3.12. The zero-order valence-electron chi connectivity index (χ0n) is 11.8. The van der Waals surface area contributed by atoms with Crippen LogP contribution in [0, 0.1) is 17.8 Å². The van der Waals surface area contributed by atoms with Crippen molar-refractivity contribution in [2.75, 3.05) is 12.3 Å². The molecule has 2 aliphatic rings. The highest BCUT2D eigenvalue weighted by Crippen LogP contribution is 2.47. The molecule has 4 heteroatoms. The first-order valence-corrected chi connectivity index (χ1v) is 8.71. The van der Waals surface area contributed by atoms with Crippen LogP contribution in [-0.2, 0) is 10.5 Å². The van der Waals surface area contributed by atoms with Crippen LogP contribution >= 0.6 is 11.8 Å². The van der Waals surface area contributed by atoms with E-state index in [0.29, 0.717) is 5.75 Å². The van der Waals surface area contributed by atoms with Crippen molar-refractivity contribution >= 4 is 17.7 Å². The number of fused-ring (bicyclic) bond motifs is 2. The largest absolute Gasteiger partial charge is 0.355 e. The van der Waals surface area contributed by atoms with E-state index in [1.807, 2.05) is 18.2 Å². The number of amides is 1. The van der Waals surface area contributed by atoms with Crippen LogP contribution in [0.15, 0.2) is 24.4 Å². The molecular formula is C16H22N2OS. The fourth-order valence-electron chi connectivity index (χ4n) is 3.65. The molecule has 108 valence electrons. The van der Waals surface area contributed by atoms with Crippen molar-refractivity contribution < 1.29 is 4.79 Å². The van der Waals surface area contributed by atoms with Gasteiger partial charge in [-0.05, 0) is 49.1 Å². The molecule has 0 unspecified atom stereocenters. The van der Waals surface area contributed by atoms with Crippen LogP contribution in [0.5, 0.6) is 0 Å². The molecule has 1 heterocycles. The molecule has 0 spiro atoms. The van der Waals surface area contributed by atoms with Gasteiger partial charge in [-0.2, -0.15) is 0 Å². The molecule has 3 nitrogen and oxygen atoms in total. The smallest absolute Gasteiger partial charge is 0.230 e. The van der Waals surface area contributed by atoms with Gasteiger partial charge in [-0.1, -0.05) is 12.5 Å². The average molecular weight is 290 g/mol. The maximum absolute atomic E-state index is 11.8. The first kappa shape index (κ1) is 13.9. The van der Waals surface area contributed by atoms with Gasteiger partial charge < -0.3 is 5.32 Å². The van der Waals surface area contributed by atoms with Crippen LogP contribution < -0.4 is 5.32 Å². The molecule has 3 atom stereocenters. The zero-order chi connectivity index (χ0) is 13.8. The van der Waals surface area contributed by atoms with Gasteiger partial charge in [-0.15, -0.1) is 11.8 Å². The lowest BCUT2D eigenvalue weighted by Crippen LogP contribution is -2.32. The number of pyridine rings is 1. The third kappa shape index (κ3) is 3.54. The van der Waals surface area contributed by atoms with Gasteiger partial charge in [-0.3, -0.25) is 9.78 Å². The molecule has 2 fully saturated rings. The Morgan fingerprint density at radius 2 is 2.30 bits per heavy atom. The molecule has 2 saturated carbocycles. The minimum absolute atomic E-state index is 0.175. The van der Waals surface area contributed by atoms with Gasteiger partial charge in [-0.25, -0.2) is 0 Å². The van der Waals surface area contributed by atoms with Crippen LogP contribution in [0.1, 0.15) is 31.4 Å². The van der Waals surface area contributed by atoms with E-state index in [1.54, 1.807) is 18.0 Å². The van der Waals surface area contributed by atoms with Crippen LogP contribution in [0.25, 0.3) is 0 Å². The molecule has 2 aliphatic carbocycles. The number of nitrogens with zero attached hydrogens (tertiary/aromatic N) is 1. The van der Waals surface area contributed by atoms with Gasteiger partial charge >= 0.3 is 0 Å². The maximum atomic E-state index is 11.8. The number of nitrogens with one attached hydrogen (secondary N) is 1. The molecule has 20 heavy (non-hydrogen) atoms. The lowest BCUT2D eigenvalue weighted by atomic mass is 9.89. The van der Waals surface area contributed by atoms with Gasteiger partial charge in [0.05, 0.1) is 11.4 Å². The van der Waals surface area contributed by atoms with E-state index in [-0.39, 0.29) is 5.91 Å². The van der Waals surface area contributed by atoms with E-state index in [1.165, 1.54) is 25.7 Å². The molecule has 1 aromatic heterocycles. The van der Waals surface area contributed by atoms with Gasteiger partial charge in [0.15, 0.2) is 0 Å². The molecule has 0 saturated heterocycles. The second-order valence-electron chi connectivity index (χ2n) is 6.05. The lowest BCUT2D eigenvalue weighted by Gasteiger charge is -2.21. The van der Waals surface area contributed by atoms with Crippen molar-refractivity contribution in [3.05, 3.63) is 30.1 Å². The summed E-state index contributed by atoms with van der Waals surface area (Å²) >= 11 is 1.64.